The van der Waals surface area contributed by atoms with Crippen molar-refractivity contribution in [2.75, 3.05) is 26.2 Å². The first kappa shape index (κ1) is 22.0. The van der Waals surface area contributed by atoms with Gasteiger partial charge in [-0.15, -0.1) is 0 Å². The van der Waals surface area contributed by atoms with E-state index in [9.17, 15) is 4.79 Å². The van der Waals surface area contributed by atoms with Gasteiger partial charge in [0.2, 0.25) is 5.91 Å². The average Bonchev–Trinajstić information content (AvgIpc) is 3.47. The molecule has 0 radical (unpaired) electrons. The summed E-state index contributed by atoms with van der Waals surface area (Å²) in [4.78, 5) is 26.3. The molecule has 0 N–H and O–H groups in total. The minimum atomic E-state index is 0.273. The third-order valence-corrected chi connectivity index (χ3v) is 7.30. The van der Waals surface area contributed by atoms with Crippen molar-refractivity contribution in [1.29, 1.82) is 0 Å². The predicted octanol–water partition coefficient (Wildman–Crippen LogP) is 3.68. The van der Waals surface area contributed by atoms with Gasteiger partial charge in [-0.1, -0.05) is 6.07 Å². The first-order valence-corrected chi connectivity index (χ1v) is 12.3. The Morgan fingerprint density at radius 2 is 2.00 bits per heavy atom. The number of aromatic nitrogens is 4. The molecule has 5 heterocycles. The van der Waals surface area contributed by atoms with Crippen molar-refractivity contribution in [2.24, 2.45) is 0 Å². The third-order valence-electron chi connectivity index (χ3n) is 7.30. The molecule has 2 aliphatic heterocycles. The summed E-state index contributed by atoms with van der Waals surface area (Å²) in [5, 5.41) is 4.97. The Bertz CT molecular complexity index is 1120. The van der Waals surface area contributed by atoms with E-state index in [1.807, 2.05) is 27.9 Å². The maximum atomic E-state index is 12.7. The molecule has 0 spiro atoms. The van der Waals surface area contributed by atoms with Crippen LogP contribution >= 0.6 is 0 Å². The standard InChI is InChI=1S/C26H34N6O/c1-19-23(8-9-26(33)31-12-4-3-5-13-31)20(2)32-25(28-19)15-24(29-32)22-10-14-30(18-22)17-21-7-6-11-27-16-21/h6-7,11,15-16,22H,3-5,8-10,12-14,17-18H2,1-2H3. The van der Waals surface area contributed by atoms with Crippen molar-refractivity contribution in [2.45, 2.75) is 64.8 Å². The minimum Gasteiger partial charge on any atom is -0.343 e. The molecule has 0 saturated carbocycles. The largest absolute Gasteiger partial charge is 0.343 e. The van der Waals surface area contributed by atoms with Gasteiger partial charge in [-0.2, -0.15) is 5.10 Å². The molecule has 3 aromatic rings. The maximum absolute atomic E-state index is 12.7. The zero-order valence-electron chi connectivity index (χ0n) is 19.8. The highest BCUT2D eigenvalue weighted by atomic mass is 16.2. The van der Waals surface area contributed by atoms with Crippen LogP contribution in [-0.4, -0.2) is 61.5 Å². The molecule has 1 unspecified atom stereocenters. The first-order chi connectivity index (χ1) is 16.1. The summed E-state index contributed by atoms with van der Waals surface area (Å²) in [6, 6.07) is 6.29. The van der Waals surface area contributed by atoms with E-state index in [2.05, 4.69) is 35.9 Å². The van der Waals surface area contributed by atoms with Gasteiger partial charge >= 0.3 is 0 Å². The number of likely N-dealkylation sites (tertiary alicyclic amines) is 2. The van der Waals surface area contributed by atoms with Crippen molar-refractivity contribution in [3.63, 3.8) is 0 Å². The highest BCUT2D eigenvalue weighted by Crippen LogP contribution is 2.29. The Morgan fingerprint density at radius 1 is 1.15 bits per heavy atom. The van der Waals surface area contributed by atoms with E-state index in [4.69, 9.17) is 10.1 Å². The van der Waals surface area contributed by atoms with Gasteiger partial charge in [0.25, 0.3) is 0 Å². The van der Waals surface area contributed by atoms with Crippen LogP contribution in [0.4, 0.5) is 0 Å². The van der Waals surface area contributed by atoms with Gasteiger partial charge in [0.05, 0.1) is 5.69 Å². The summed E-state index contributed by atoms with van der Waals surface area (Å²) in [6.45, 7) is 9.01. The number of aryl methyl sites for hydroxylation is 2. The summed E-state index contributed by atoms with van der Waals surface area (Å²) >= 11 is 0. The van der Waals surface area contributed by atoms with Crippen LogP contribution in [0.2, 0.25) is 0 Å². The van der Waals surface area contributed by atoms with E-state index < -0.39 is 0 Å². The monoisotopic (exact) mass is 446 g/mol. The van der Waals surface area contributed by atoms with Gasteiger partial charge in [0.1, 0.15) is 0 Å². The predicted molar refractivity (Wildman–Crippen MR) is 128 cm³/mol. The number of amides is 1. The number of pyridine rings is 1. The number of fused-ring (bicyclic) bond motifs is 1. The van der Waals surface area contributed by atoms with Crippen molar-refractivity contribution in [3.05, 3.63) is 58.8 Å². The van der Waals surface area contributed by atoms with E-state index in [-0.39, 0.29) is 5.91 Å². The SMILES string of the molecule is Cc1nc2cc(C3CCN(Cc4cccnc4)C3)nn2c(C)c1CCC(=O)N1CCCCC1. The van der Waals surface area contributed by atoms with E-state index in [1.165, 1.54) is 12.0 Å². The molecular formula is C26H34N6O. The smallest absolute Gasteiger partial charge is 0.222 e. The van der Waals surface area contributed by atoms with E-state index in [0.29, 0.717) is 12.3 Å². The van der Waals surface area contributed by atoms with Gasteiger partial charge < -0.3 is 4.90 Å². The fraction of sp³-hybridized carbons (Fsp3) is 0.538. The summed E-state index contributed by atoms with van der Waals surface area (Å²) in [6.07, 6.45) is 9.67. The fourth-order valence-electron chi connectivity index (χ4n) is 5.41. The lowest BCUT2D eigenvalue weighted by molar-refractivity contribution is -0.132. The van der Waals surface area contributed by atoms with Crippen molar-refractivity contribution in [3.8, 4) is 0 Å². The molecule has 1 atom stereocenters. The zero-order valence-corrected chi connectivity index (χ0v) is 19.8. The number of rotatable bonds is 6. The van der Waals surface area contributed by atoms with E-state index in [1.54, 1.807) is 0 Å². The van der Waals surface area contributed by atoms with Gasteiger partial charge in [0.15, 0.2) is 5.65 Å². The van der Waals surface area contributed by atoms with Crippen molar-refractivity contribution in [1.82, 2.24) is 29.4 Å². The Morgan fingerprint density at radius 3 is 2.79 bits per heavy atom. The Labute approximate surface area is 195 Å². The summed E-state index contributed by atoms with van der Waals surface area (Å²) < 4.78 is 1.99. The fourth-order valence-corrected chi connectivity index (χ4v) is 5.41. The van der Waals surface area contributed by atoms with E-state index >= 15 is 0 Å². The average molecular weight is 447 g/mol. The lowest BCUT2D eigenvalue weighted by Crippen LogP contribution is -2.35. The van der Waals surface area contributed by atoms with Crippen LogP contribution in [0.5, 0.6) is 0 Å². The quantitative estimate of drug-likeness (QED) is 0.578. The molecule has 7 nitrogen and oxygen atoms in total. The second kappa shape index (κ2) is 9.59. The lowest BCUT2D eigenvalue weighted by atomic mass is 10.0. The lowest BCUT2D eigenvalue weighted by Gasteiger charge is -2.26. The zero-order chi connectivity index (χ0) is 22.8. The normalized spacial score (nSPS) is 19.5. The number of carbonyl (C=O) groups excluding carboxylic acids is 1. The molecule has 0 bridgehead atoms. The van der Waals surface area contributed by atoms with Gasteiger partial charge in [-0.3, -0.25) is 14.7 Å². The van der Waals surface area contributed by atoms with Crippen LogP contribution in [0.25, 0.3) is 5.65 Å². The highest BCUT2D eigenvalue weighted by Gasteiger charge is 2.27. The Hall–Kier alpha value is -2.80. The second-order valence-electron chi connectivity index (χ2n) is 9.62. The maximum Gasteiger partial charge on any atom is 0.222 e. The number of hydrogen-bond donors (Lipinski definition) is 0. The topological polar surface area (TPSA) is 66.6 Å². The molecule has 174 valence electrons. The molecule has 2 saturated heterocycles. The summed E-state index contributed by atoms with van der Waals surface area (Å²) in [5.41, 5.74) is 6.58. The molecule has 1 amide bonds. The molecular weight excluding hydrogens is 412 g/mol. The first-order valence-electron chi connectivity index (χ1n) is 12.3. The molecule has 0 aliphatic carbocycles. The van der Waals surface area contributed by atoms with E-state index in [0.717, 1.165) is 86.7 Å². The molecule has 33 heavy (non-hydrogen) atoms. The molecule has 5 rings (SSSR count). The highest BCUT2D eigenvalue weighted by molar-refractivity contribution is 5.76. The Kier molecular flexibility index (Phi) is 6.40. The van der Waals surface area contributed by atoms with Crippen LogP contribution < -0.4 is 0 Å². The second-order valence-corrected chi connectivity index (χ2v) is 9.62. The molecule has 7 heteroatoms. The van der Waals surface area contributed by atoms with Crippen molar-refractivity contribution < 1.29 is 4.79 Å². The van der Waals surface area contributed by atoms with Crippen LogP contribution in [0.3, 0.4) is 0 Å². The molecule has 0 aromatic carbocycles. The molecule has 3 aromatic heterocycles. The minimum absolute atomic E-state index is 0.273. The summed E-state index contributed by atoms with van der Waals surface area (Å²) in [7, 11) is 0. The van der Waals surface area contributed by atoms with Crippen LogP contribution in [0.1, 0.15) is 66.2 Å². The van der Waals surface area contributed by atoms with Gasteiger partial charge in [0, 0.05) is 68.4 Å². The third kappa shape index (κ3) is 4.78. The molecule has 2 fully saturated rings. The Balaban J connectivity index is 1.28. The number of nitrogens with zero attached hydrogens (tertiary/aromatic N) is 6. The van der Waals surface area contributed by atoms with Crippen LogP contribution in [-0.2, 0) is 17.8 Å². The van der Waals surface area contributed by atoms with Gasteiger partial charge in [-0.05, 0) is 69.7 Å². The van der Waals surface area contributed by atoms with Crippen LogP contribution in [0.15, 0.2) is 30.6 Å². The summed E-state index contributed by atoms with van der Waals surface area (Å²) in [5.74, 6) is 0.696. The number of piperidine rings is 1. The van der Waals surface area contributed by atoms with Gasteiger partial charge in [-0.25, -0.2) is 9.50 Å². The molecule has 2 aliphatic rings. The number of hydrogen-bond acceptors (Lipinski definition) is 5. The number of carbonyl (C=O) groups is 1. The van der Waals surface area contributed by atoms with Crippen LogP contribution in [0, 0.1) is 13.8 Å². The van der Waals surface area contributed by atoms with Crippen molar-refractivity contribution >= 4 is 11.6 Å².